The molecule has 0 saturated heterocycles. The molecule has 0 fully saturated rings. The molecule has 0 unspecified atom stereocenters. The highest BCUT2D eigenvalue weighted by molar-refractivity contribution is 6.13. The average molecular weight is 494 g/mol. The number of amidine groups is 1. The van der Waals surface area contributed by atoms with Crippen LogP contribution in [0.2, 0.25) is 0 Å². The quantitative estimate of drug-likeness (QED) is 0.271. The molecule has 1 heterocycles. The molecule has 0 radical (unpaired) electrons. The minimum atomic E-state index is -4.56. The fourth-order valence-corrected chi connectivity index (χ4v) is 4.18. The third-order valence-corrected chi connectivity index (χ3v) is 5.99. The van der Waals surface area contributed by atoms with Gasteiger partial charge in [-0.25, -0.2) is 13.8 Å². The van der Waals surface area contributed by atoms with Crippen molar-refractivity contribution in [2.45, 2.75) is 12.7 Å². The number of fused-ring (bicyclic) bond motifs is 1. The van der Waals surface area contributed by atoms with Crippen LogP contribution in [0.3, 0.4) is 0 Å². The van der Waals surface area contributed by atoms with E-state index in [9.17, 15) is 22.0 Å². The van der Waals surface area contributed by atoms with Crippen LogP contribution in [0.15, 0.2) is 89.9 Å². The van der Waals surface area contributed by atoms with Crippen LogP contribution in [-0.2, 0) is 12.7 Å². The van der Waals surface area contributed by atoms with Gasteiger partial charge in [-0.2, -0.15) is 13.2 Å². The first-order valence-corrected chi connectivity index (χ1v) is 11.0. The zero-order valence-electron chi connectivity index (χ0n) is 19.0. The van der Waals surface area contributed by atoms with Crippen LogP contribution in [0.1, 0.15) is 16.7 Å². The van der Waals surface area contributed by atoms with Crippen molar-refractivity contribution >= 4 is 17.2 Å². The zero-order chi connectivity index (χ0) is 25.4. The predicted octanol–water partition coefficient (Wildman–Crippen LogP) is 7.76. The standard InChI is InChI=1S/C28H19F5N2O/c1-36-25-14-11-21(28(31,32)33)15-24(25)35-16-20-3-2-4-23(30)26(20)34-27(35)19-7-5-17(6-8-19)18-9-12-22(29)13-10-18/h2-15H,16H2,1H3. The van der Waals surface area contributed by atoms with Gasteiger partial charge >= 0.3 is 6.18 Å². The van der Waals surface area contributed by atoms with Gasteiger partial charge in [0.15, 0.2) is 0 Å². The molecule has 8 heteroatoms. The summed E-state index contributed by atoms with van der Waals surface area (Å²) in [5, 5.41) is 0. The van der Waals surface area contributed by atoms with Gasteiger partial charge in [-0.1, -0.05) is 48.5 Å². The van der Waals surface area contributed by atoms with Gasteiger partial charge in [0, 0.05) is 11.1 Å². The maximum absolute atomic E-state index is 14.6. The molecule has 0 N–H and O–H groups in total. The summed E-state index contributed by atoms with van der Waals surface area (Å²) in [5.41, 5.74) is 2.15. The number of nitrogens with zero attached hydrogens (tertiary/aromatic N) is 2. The Kier molecular flexibility index (Phi) is 5.96. The van der Waals surface area contributed by atoms with E-state index in [0.29, 0.717) is 11.1 Å². The topological polar surface area (TPSA) is 24.8 Å². The first kappa shape index (κ1) is 23.5. The lowest BCUT2D eigenvalue weighted by molar-refractivity contribution is -0.137. The van der Waals surface area contributed by atoms with E-state index >= 15 is 0 Å². The summed E-state index contributed by atoms with van der Waals surface area (Å²) in [4.78, 5) is 6.12. The van der Waals surface area contributed by atoms with E-state index in [1.54, 1.807) is 47.4 Å². The van der Waals surface area contributed by atoms with E-state index in [4.69, 9.17) is 4.74 Å². The fourth-order valence-electron chi connectivity index (χ4n) is 4.18. The zero-order valence-corrected chi connectivity index (χ0v) is 19.0. The van der Waals surface area contributed by atoms with Crippen LogP contribution >= 0.6 is 0 Å². The van der Waals surface area contributed by atoms with Gasteiger partial charge in [-0.05, 0) is 47.5 Å². The average Bonchev–Trinajstić information content (AvgIpc) is 2.88. The molecule has 0 bridgehead atoms. The summed E-state index contributed by atoms with van der Waals surface area (Å²) in [5.74, 6) is -0.378. The molecule has 0 aromatic heterocycles. The van der Waals surface area contributed by atoms with Crippen molar-refractivity contribution < 1.29 is 26.7 Å². The van der Waals surface area contributed by atoms with Crippen molar-refractivity contribution in [3.63, 3.8) is 0 Å². The molecule has 182 valence electrons. The first-order chi connectivity index (χ1) is 17.2. The lowest BCUT2D eigenvalue weighted by Gasteiger charge is -2.32. The molecule has 4 aromatic rings. The molecule has 4 aromatic carbocycles. The van der Waals surface area contributed by atoms with Crippen LogP contribution in [-0.4, -0.2) is 12.9 Å². The molecule has 0 saturated carbocycles. The van der Waals surface area contributed by atoms with Gasteiger partial charge in [0.1, 0.15) is 28.9 Å². The first-order valence-electron chi connectivity index (χ1n) is 11.0. The second-order valence-electron chi connectivity index (χ2n) is 8.24. The van der Waals surface area contributed by atoms with Gasteiger partial charge in [-0.15, -0.1) is 0 Å². The van der Waals surface area contributed by atoms with Crippen molar-refractivity contribution in [3.05, 3.63) is 113 Å². The third kappa shape index (κ3) is 4.42. The molecule has 5 rings (SSSR count). The normalized spacial score (nSPS) is 13.3. The fraction of sp³-hybridized carbons (Fsp3) is 0.107. The number of hydrogen-bond acceptors (Lipinski definition) is 3. The van der Waals surface area contributed by atoms with Crippen molar-refractivity contribution in [1.29, 1.82) is 0 Å². The van der Waals surface area contributed by atoms with Crippen LogP contribution in [0, 0.1) is 11.6 Å². The van der Waals surface area contributed by atoms with Crippen molar-refractivity contribution in [3.8, 4) is 16.9 Å². The number of halogens is 5. The monoisotopic (exact) mass is 494 g/mol. The molecule has 1 aliphatic heterocycles. The number of alkyl halides is 3. The molecular formula is C28H19F5N2O. The lowest BCUT2D eigenvalue weighted by Crippen LogP contribution is -2.34. The third-order valence-electron chi connectivity index (χ3n) is 5.99. The number of hydrogen-bond donors (Lipinski definition) is 0. The number of para-hydroxylation sites is 1. The molecule has 0 atom stereocenters. The summed E-state index contributed by atoms with van der Waals surface area (Å²) in [6.45, 7) is 0.0866. The highest BCUT2D eigenvalue weighted by Gasteiger charge is 2.33. The molecule has 0 spiro atoms. The van der Waals surface area contributed by atoms with Crippen LogP contribution < -0.4 is 9.64 Å². The Labute approximate surface area is 204 Å². The number of rotatable bonds is 4. The number of methoxy groups -OCH3 is 1. The second-order valence-corrected chi connectivity index (χ2v) is 8.24. The van der Waals surface area contributed by atoms with Gasteiger partial charge in [0.05, 0.1) is 24.9 Å². The summed E-state index contributed by atoms with van der Waals surface area (Å²) in [6, 6.07) is 20.8. The molecule has 0 amide bonds. The highest BCUT2D eigenvalue weighted by atomic mass is 19.4. The van der Waals surface area contributed by atoms with Crippen molar-refractivity contribution in [1.82, 2.24) is 0 Å². The largest absolute Gasteiger partial charge is 0.495 e. The summed E-state index contributed by atoms with van der Waals surface area (Å²) >= 11 is 0. The minimum Gasteiger partial charge on any atom is -0.495 e. The minimum absolute atomic E-state index is 0.0866. The van der Waals surface area contributed by atoms with Gasteiger partial charge < -0.3 is 9.64 Å². The Morgan fingerprint density at radius 3 is 2.08 bits per heavy atom. The highest BCUT2D eigenvalue weighted by Crippen LogP contribution is 2.41. The Bertz CT molecular complexity index is 1440. The van der Waals surface area contributed by atoms with Crippen molar-refractivity contribution in [2.24, 2.45) is 4.99 Å². The molecule has 36 heavy (non-hydrogen) atoms. The Balaban J connectivity index is 1.64. The smallest absolute Gasteiger partial charge is 0.416 e. The maximum atomic E-state index is 14.6. The Morgan fingerprint density at radius 1 is 0.806 bits per heavy atom. The van der Waals surface area contributed by atoms with Gasteiger partial charge in [-0.3, -0.25) is 0 Å². The summed E-state index contributed by atoms with van der Waals surface area (Å²) in [7, 11) is 1.37. The van der Waals surface area contributed by atoms with E-state index in [1.807, 2.05) is 0 Å². The number of anilines is 1. The van der Waals surface area contributed by atoms with E-state index in [2.05, 4.69) is 4.99 Å². The van der Waals surface area contributed by atoms with E-state index in [0.717, 1.165) is 23.3 Å². The predicted molar refractivity (Wildman–Crippen MR) is 129 cm³/mol. The molecule has 3 nitrogen and oxygen atoms in total. The number of benzene rings is 4. The van der Waals surface area contributed by atoms with Crippen LogP contribution in [0.25, 0.3) is 11.1 Å². The lowest BCUT2D eigenvalue weighted by atomic mass is 10.0. The van der Waals surface area contributed by atoms with E-state index in [1.165, 1.54) is 37.4 Å². The maximum Gasteiger partial charge on any atom is 0.416 e. The second kappa shape index (κ2) is 9.11. The van der Waals surface area contributed by atoms with E-state index in [-0.39, 0.29) is 35.3 Å². The molecule has 1 aliphatic rings. The van der Waals surface area contributed by atoms with Crippen molar-refractivity contribution in [2.75, 3.05) is 12.0 Å². The molecular weight excluding hydrogens is 475 g/mol. The number of aliphatic imine (C=N–C) groups is 1. The van der Waals surface area contributed by atoms with Gasteiger partial charge in [0.25, 0.3) is 0 Å². The van der Waals surface area contributed by atoms with Gasteiger partial charge in [0.2, 0.25) is 0 Å². The van der Waals surface area contributed by atoms with Crippen LogP contribution in [0.4, 0.5) is 33.3 Å². The Morgan fingerprint density at radius 2 is 1.44 bits per heavy atom. The number of ether oxygens (including phenoxy) is 1. The SMILES string of the molecule is COc1ccc(C(F)(F)F)cc1N1Cc2cccc(F)c2N=C1c1ccc(-c2ccc(F)cc2)cc1. The summed E-state index contributed by atoms with van der Waals surface area (Å²) < 4.78 is 74.0. The van der Waals surface area contributed by atoms with Crippen LogP contribution in [0.5, 0.6) is 5.75 Å². The summed E-state index contributed by atoms with van der Waals surface area (Å²) in [6.07, 6.45) is -4.56. The molecule has 0 aliphatic carbocycles. The Hall–Kier alpha value is -4.20. The van der Waals surface area contributed by atoms with E-state index < -0.39 is 17.6 Å².